The molecular weight excluding hydrogens is 548 g/mol. The summed E-state index contributed by atoms with van der Waals surface area (Å²) in [7, 11) is 0. The molecule has 0 bridgehead atoms. The predicted molar refractivity (Wildman–Crippen MR) is 174 cm³/mol. The molecule has 2 aliphatic heterocycles. The van der Waals surface area contributed by atoms with E-state index in [1.807, 2.05) is 12.1 Å². The van der Waals surface area contributed by atoms with E-state index in [0.717, 1.165) is 95.5 Å². The average Bonchev–Trinajstić information content (AvgIpc) is 3.63. The lowest BCUT2D eigenvalue weighted by Crippen LogP contribution is -2.46. The molecule has 0 amide bonds. The minimum Gasteiger partial charge on any atom is -0.508 e. The van der Waals surface area contributed by atoms with Crippen LogP contribution in [0.3, 0.4) is 0 Å². The Bertz CT molecular complexity index is 1390. The molecule has 3 aromatic rings. The highest BCUT2D eigenvalue weighted by atomic mass is 16.4. The van der Waals surface area contributed by atoms with Crippen LogP contribution in [0.4, 0.5) is 0 Å². The highest BCUT2D eigenvalue weighted by molar-refractivity contribution is 5.74. The second-order valence-electron chi connectivity index (χ2n) is 13.7. The Hall–Kier alpha value is -3.16. The summed E-state index contributed by atoms with van der Waals surface area (Å²) in [5.41, 5.74) is 6.25. The predicted octanol–water partition coefficient (Wildman–Crippen LogP) is 6.44. The molecular formula is C37H50N4O3. The van der Waals surface area contributed by atoms with Crippen LogP contribution in [0.5, 0.6) is 5.75 Å². The number of aliphatic carboxylic acids is 1. The molecule has 7 nitrogen and oxygen atoms in total. The van der Waals surface area contributed by atoms with Gasteiger partial charge in [-0.3, -0.25) is 14.4 Å². The van der Waals surface area contributed by atoms with Crippen LogP contribution in [-0.4, -0.2) is 74.5 Å². The van der Waals surface area contributed by atoms with E-state index in [1.165, 1.54) is 23.2 Å². The molecule has 3 fully saturated rings. The van der Waals surface area contributed by atoms with Crippen molar-refractivity contribution >= 4 is 5.97 Å². The number of aryl methyl sites for hydroxylation is 2. The zero-order valence-electron chi connectivity index (χ0n) is 26.6. The molecule has 0 unspecified atom stereocenters. The van der Waals surface area contributed by atoms with E-state index in [9.17, 15) is 15.0 Å². The highest BCUT2D eigenvalue weighted by Gasteiger charge is 2.43. The van der Waals surface area contributed by atoms with Crippen LogP contribution in [0.25, 0.3) is 0 Å². The van der Waals surface area contributed by atoms with E-state index >= 15 is 0 Å². The Morgan fingerprint density at radius 2 is 1.73 bits per heavy atom. The summed E-state index contributed by atoms with van der Waals surface area (Å²) in [6, 6.07) is 18.3. The Kier molecular flexibility index (Phi) is 9.72. The molecule has 2 aromatic carbocycles. The summed E-state index contributed by atoms with van der Waals surface area (Å²) in [5.74, 6) is 1.23. The summed E-state index contributed by atoms with van der Waals surface area (Å²) in [6.07, 6.45) is 8.68. The van der Waals surface area contributed by atoms with Crippen molar-refractivity contribution in [2.45, 2.75) is 89.6 Å². The number of carboxylic acids is 1. The normalized spacial score (nSPS) is 23.2. The molecule has 1 saturated carbocycles. The van der Waals surface area contributed by atoms with E-state index in [-0.39, 0.29) is 12.0 Å². The van der Waals surface area contributed by atoms with Gasteiger partial charge in [0.25, 0.3) is 0 Å². The number of piperidine rings is 1. The minimum atomic E-state index is -0.626. The molecule has 2 saturated heterocycles. The Labute approximate surface area is 262 Å². The number of nitrogens with zero attached hydrogens (tertiary/aromatic N) is 4. The van der Waals surface area contributed by atoms with Gasteiger partial charge < -0.3 is 15.1 Å². The molecule has 3 heterocycles. The lowest BCUT2D eigenvalue weighted by Gasteiger charge is -2.35. The summed E-state index contributed by atoms with van der Waals surface area (Å²) >= 11 is 0. The van der Waals surface area contributed by atoms with Gasteiger partial charge in [0.1, 0.15) is 11.8 Å². The van der Waals surface area contributed by atoms with Gasteiger partial charge in [0.15, 0.2) is 0 Å². The molecule has 2 N–H and O–H groups in total. The van der Waals surface area contributed by atoms with Crippen molar-refractivity contribution in [1.29, 1.82) is 0 Å². The number of hydrogen-bond acceptors (Lipinski definition) is 5. The largest absolute Gasteiger partial charge is 0.508 e. The van der Waals surface area contributed by atoms with E-state index in [0.29, 0.717) is 23.5 Å². The van der Waals surface area contributed by atoms with Gasteiger partial charge in [0, 0.05) is 50.1 Å². The third-order valence-electron chi connectivity index (χ3n) is 10.7. The van der Waals surface area contributed by atoms with Crippen molar-refractivity contribution < 1.29 is 15.0 Å². The first-order valence-corrected chi connectivity index (χ1v) is 17.0. The molecule has 0 spiro atoms. The zero-order chi connectivity index (χ0) is 30.6. The number of benzene rings is 2. The quantitative estimate of drug-likeness (QED) is 0.280. The van der Waals surface area contributed by atoms with Gasteiger partial charge in [-0.15, -0.1) is 0 Å². The van der Waals surface area contributed by atoms with Crippen molar-refractivity contribution in [2.75, 3.05) is 32.7 Å². The van der Waals surface area contributed by atoms with E-state index in [4.69, 9.17) is 5.10 Å². The first-order chi connectivity index (χ1) is 21.4. The number of aromatic hydroxyl groups is 1. The van der Waals surface area contributed by atoms with Gasteiger partial charge in [0.05, 0.1) is 5.69 Å². The monoisotopic (exact) mass is 598 g/mol. The van der Waals surface area contributed by atoms with Crippen LogP contribution in [-0.2, 0) is 17.8 Å². The highest BCUT2D eigenvalue weighted by Crippen LogP contribution is 2.39. The van der Waals surface area contributed by atoms with Crippen LogP contribution in [0.1, 0.15) is 91.8 Å². The molecule has 44 heavy (non-hydrogen) atoms. The maximum Gasteiger partial charge on any atom is 0.321 e. The number of carbonyl (C=O) groups is 1. The fourth-order valence-electron chi connectivity index (χ4n) is 8.42. The van der Waals surface area contributed by atoms with Crippen LogP contribution in [0, 0.1) is 18.8 Å². The first-order valence-electron chi connectivity index (χ1n) is 17.0. The van der Waals surface area contributed by atoms with Gasteiger partial charge in [0.2, 0.25) is 0 Å². The number of hydrogen-bond donors (Lipinski definition) is 2. The van der Waals surface area contributed by atoms with Crippen molar-refractivity contribution in [3.05, 3.63) is 82.7 Å². The lowest BCUT2D eigenvalue weighted by atomic mass is 9.83. The fraction of sp³-hybridized carbons (Fsp3) is 0.568. The number of aromatic nitrogens is 2. The molecule has 3 aliphatic rings. The third kappa shape index (κ3) is 7.05. The Balaban J connectivity index is 1.13. The van der Waals surface area contributed by atoms with Gasteiger partial charge in [-0.05, 0) is 93.8 Å². The SMILES string of the molecule is CCn1nc(Cc2ccc(O)cc2)cc1C1CCN(C[C@H]2CN([C@@H](C(=O)O)C3CCCCC3)C[C@@H]2c2cccc(C)c2)CC1. The zero-order valence-corrected chi connectivity index (χ0v) is 26.6. The topological polar surface area (TPSA) is 81.8 Å². The molecule has 1 aliphatic carbocycles. The summed E-state index contributed by atoms with van der Waals surface area (Å²) in [5, 5.41) is 25.0. The second-order valence-corrected chi connectivity index (χ2v) is 13.7. The third-order valence-corrected chi connectivity index (χ3v) is 10.7. The smallest absolute Gasteiger partial charge is 0.321 e. The van der Waals surface area contributed by atoms with Gasteiger partial charge in [-0.1, -0.05) is 61.2 Å². The number of carboxylic acid groups (broad SMARTS) is 1. The molecule has 3 atom stereocenters. The van der Waals surface area contributed by atoms with Gasteiger partial charge in [-0.2, -0.15) is 5.10 Å². The summed E-state index contributed by atoms with van der Waals surface area (Å²) in [4.78, 5) is 17.6. The van der Waals surface area contributed by atoms with Crippen LogP contribution in [0.15, 0.2) is 54.6 Å². The van der Waals surface area contributed by atoms with E-state index in [2.05, 4.69) is 58.7 Å². The van der Waals surface area contributed by atoms with Crippen molar-refractivity contribution in [1.82, 2.24) is 19.6 Å². The first kappa shape index (κ1) is 30.8. The second kappa shape index (κ2) is 13.9. The number of phenols is 1. The lowest BCUT2D eigenvalue weighted by molar-refractivity contribution is -0.145. The van der Waals surface area contributed by atoms with E-state index < -0.39 is 5.97 Å². The molecule has 236 valence electrons. The number of phenolic OH excluding ortho intramolecular Hbond substituents is 1. The molecule has 0 radical (unpaired) electrons. The maximum atomic E-state index is 12.7. The number of likely N-dealkylation sites (tertiary alicyclic amines) is 2. The van der Waals surface area contributed by atoms with Gasteiger partial charge >= 0.3 is 5.97 Å². The Morgan fingerprint density at radius 3 is 2.41 bits per heavy atom. The fourth-order valence-corrected chi connectivity index (χ4v) is 8.42. The standard InChI is InChI=1S/C37H50N4O3/c1-3-41-35(22-32(38-41)21-27-12-14-33(42)15-13-27)28-16-18-39(19-17-28)23-31-24-40(25-34(31)30-11-7-8-26(2)20-30)36(37(43)44)29-9-5-4-6-10-29/h7-8,11-15,20,22,28-29,31,34,36,42H,3-6,9-10,16-19,21,23-25H2,1-2H3,(H,43,44)/t31-,34+,36+/m0/s1. The minimum absolute atomic E-state index is 0.274. The van der Waals surface area contributed by atoms with Crippen molar-refractivity contribution in [2.24, 2.45) is 11.8 Å². The molecule has 7 heteroatoms. The van der Waals surface area contributed by atoms with Crippen LogP contribution < -0.4 is 0 Å². The maximum absolute atomic E-state index is 12.7. The van der Waals surface area contributed by atoms with Crippen LogP contribution in [0.2, 0.25) is 0 Å². The van der Waals surface area contributed by atoms with E-state index in [1.54, 1.807) is 12.1 Å². The summed E-state index contributed by atoms with van der Waals surface area (Å²) in [6.45, 7) is 10.1. The average molecular weight is 599 g/mol. The Morgan fingerprint density at radius 1 is 0.977 bits per heavy atom. The summed E-state index contributed by atoms with van der Waals surface area (Å²) < 4.78 is 2.19. The molecule has 6 rings (SSSR count). The number of rotatable bonds is 10. The van der Waals surface area contributed by atoms with Gasteiger partial charge in [-0.25, -0.2) is 0 Å². The van der Waals surface area contributed by atoms with Crippen molar-refractivity contribution in [3.63, 3.8) is 0 Å². The molecule has 1 aromatic heterocycles. The van der Waals surface area contributed by atoms with Crippen LogP contribution >= 0.6 is 0 Å². The van der Waals surface area contributed by atoms with Crippen molar-refractivity contribution in [3.8, 4) is 5.75 Å².